The van der Waals surface area contributed by atoms with Gasteiger partial charge in [0.05, 0.1) is 6.61 Å². The number of carbonyl (C=O) groups excluding carboxylic acids is 2. The lowest BCUT2D eigenvalue weighted by Crippen LogP contribution is -2.46. The van der Waals surface area contributed by atoms with Crippen molar-refractivity contribution >= 4 is 11.9 Å². The number of hydrogen-bond acceptors (Lipinski definition) is 5. The van der Waals surface area contributed by atoms with Crippen molar-refractivity contribution in [2.45, 2.75) is 12.6 Å². The number of esters is 1. The van der Waals surface area contributed by atoms with Crippen molar-refractivity contribution in [1.82, 2.24) is 4.90 Å². The topological polar surface area (TPSA) is 76.1 Å². The zero-order valence-corrected chi connectivity index (χ0v) is 12.1. The molecule has 0 spiro atoms. The van der Waals surface area contributed by atoms with Crippen LogP contribution in [0.3, 0.4) is 0 Å². The van der Waals surface area contributed by atoms with E-state index in [4.69, 9.17) is 9.47 Å². The number of carbonyl (C=O) groups is 2. The molecule has 1 N–H and O–H groups in total. The van der Waals surface area contributed by atoms with Crippen molar-refractivity contribution in [2.75, 3.05) is 20.8 Å². The number of amides is 1. The molecule has 0 radical (unpaired) electrons. The first kappa shape index (κ1) is 15.1. The summed E-state index contributed by atoms with van der Waals surface area (Å²) in [6, 6.07) is 8.74. The summed E-state index contributed by atoms with van der Waals surface area (Å²) >= 11 is 0. The zero-order chi connectivity index (χ0) is 15.6. The molecule has 0 saturated carbocycles. The smallest absolute Gasteiger partial charge is 0.343 e. The van der Waals surface area contributed by atoms with E-state index in [-0.39, 0.29) is 12.2 Å². The minimum absolute atomic E-state index is 0.127. The van der Waals surface area contributed by atoms with E-state index in [0.29, 0.717) is 5.56 Å². The van der Waals surface area contributed by atoms with E-state index in [1.54, 1.807) is 37.3 Å². The van der Waals surface area contributed by atoms with Crippen molar-refractivity contribution in [3.63, 3.8) is 0 Å². The molecule has 1 atom stereocenters. The highest BCUT2D eigenvalue weighted by Crippen LogP contribution is 2.43. The van der Waals surface area contributed by atoms with Gasteiger partial charge in [0.25, 0.3) is 5.91 Å². The lowest BCUT2D eigenvalue weighted by Gasteiger charge is -2.36. The maximum Gasteiger partial charge on any atom is 0.343 e. The molecule has 6 nitrogen and oxygen atoms in total. The van der Waals surface area contributed by atoms with Gasteiger partial charge in [0.2, 0.25) is 5.72 Å². The number of likely N-dealkylation sites (N-methyl/N-ethyl adjacent to an activating group) is 1. The van der Waals surface area contributed by atoms with E-state index in [1.165, 1.54) is 19.1 Å². The average molecular weight is 291 g/mol. The highest BCUT2D eigenvalue weighted by molar-refractivity contribution is 6.07. The molecular weight excluding hydrogens is 274 g/mol. The number of aliphatic hydroxyl groups excluding tert-OH is 1. The molecule has 0 bridgehead atoms. The van der Waals surface area contributed by atoms with Crippen LogP contribution in [-0.2, 0) is 24.8 Å². The van der Waals surface area contributed by atoms with Gasteiger partial charge in [-0.15, -0.1) is 0 Å². The van der Waals surface area contributed by atoms with E-state index in [0.717, 1.165) is 0 Å². The van der Waals surface area contributed by atoms with Gasteiger partial charge in [-0.05, 0) is 6.92 Å². The van der Waals surface area contributed by atoms with Crippen LogP contribution in [0.15, 0.2) is 41.7 Å². The molecule has 0 fully saturated rings. The molecule has 1 amide bonds. The summed E-state index contributed by atoms with van der Waals surface area (Å²) in [5, 5.41) is 10.1. The van der Waals surface area contributed by atoms with Gasteiger partial charge in [0.1, 0.15) is 5.57 Å². The number of ether oxygens (including phenoxy) is 2. The number of rotatable bonds is 4. The number of methoxy groups -OCH3 is 1. The molecule has 0 aliphatic carbocycles. The van der Waals surface area contributed by atoms with Crippen molar-refractivity contribution in [3.8, 4) is 0 Å². The molecule has 1 aromatic carbocycles. The standard InChI is InChI=1S/C15H17NO5/c1-4-21-14(19)11-12(17)13(18)16(2)15(11,20-3)10-8-6-5-7-9-10/h5-9,17H,4H2,1-3H3. The van der Waals surface area contributed by atoms with Gasteiger partial charge in [-0.3, -0.25) is 4.79 Å². The molecule has 1 heterocycles. The van der Waals surface area contributed by atoms with E-state index in [1.807, 2.05) is 0 Å². The molecule has 21 heavy (non-hydrogen) atoms. The highest BCUT2D eigenvalue weighted by Gasteiger charge is 2.55. The van der Waals surface area contributed by atoms with Crippen LogP contribution in [0.5, 0.6) is 0 Å². The van der Waals surface area contributed by atoms with Gasteiger partial charge < -0.3 is 19.5 Å². The molecular formula is C15H17NO5. The Kier molecular flexibility index (Phi) is 3.99. The van der Waals surface area contributed by atoms with Crippen LogP contribution >= 0.6 is 0 Å². The highest BCUT2D eigenvalue weighted by atomic mass is 16.5. The van der Waals surface area contributed by atoms with Crippen LogP contribution < -0.4 is 0 Å². The maximum atomic E-state index is 12.2. The average Bonchev–Trinajstić information content (AvgIpc) is 2.70. The van der Waals surface area contributed by atoms with Crippen LogP contribution in [0, 0.1) is 0 Å². The third kappa shape index (κ3) is 2.08. The Hall–Kier alpha value is -2.34. The molecule has 0 saturated heterocycles. The summed E-state index contributed by atoms with van der Waals surface area (Å²) in [4.78, 5) is 25.5. The van der Waals surface area contributed by atoms with Crippen LogP contribution in [0.2, 0.25) is 0 Å². The minimum Gasteiger partial charge on any atom is -0.503 e. The summed E-state index contributed by atoms with van der Waals surface area (Å²) < 4.78 is 10.5. The van der Waals surface area contributed by atoms with Crippen molar-refractivity contribution in [1.29, 1.82) is 0 Å². The van der Waals surface area contributed by atoms with Crippen LogP contribution in [0.25, 0.3) is 0 Å². The number of nitrogens with zero attached hydrogens (tertiary/aromatic N) is 1. The van der Waals surface area contributed by atoms with Gasteiger partial charge in [-0.1, -0.05) is 30.3 Å². The fourth-order valence-electron chi connectivity index (χ4n) is 2.53. The predicted molar refractivity (Wildman–Crippen MR) is 74.2 cm³/mol. The van der Waals surface area contributed by atoms with Crippen LogP contribution in [0.4, 0.5) is 0 Å². The van der Waals surface area contributed by atoms with Gasteiger partial charge in [0.15, 0.2) is 5.76 Å². The SMILES string of the molecule is CCOC(=O)C1=C(O)C(=O)N(C)C1(OC)c1ccccc1. The summed E-state index contributed by atoms with van der Waals surface area (Å²) in [5.74, 6) is -2.12. The summed E-state index contributed by atoms with van der Waals surface area (Å²) in [6.45, 7) is 1.77. The second kappa shape index (κ2) is 5.57. The fraction of sp³-hybridized carbons (Fsp3) is 0.333. The Balaban J connectivity index is 2.67. The summed E-state index contributed by atoms with van der Waals surface area (Å²) in [6.07, 6.45) is 0. The van der Waals surface area contributed by atoms with Crippen molar-refractivity contribution < 1.29 is 24.2 Å². The monoisotopic (exact) mass is 291 g/mol. The number of hydrogen-bond donors (Lipinski definition) is 1. The third-order valence-corrected chi connectivity index (χ3v) is 3.50. The maximum absolute atomic E-state index is 12.2. The molecule has 1 aliphatic rings. The van der Waals surface area contributed by atoms with Gasteiger partial charge in [0, 0.05) is 19.7 Å². The summed E-state index contributed by atoms with van der Waals surface area (Å²) in [5.41, 5.74) is -1.14. The van der Waals surface area contributed by atoms with Gasteiger partial charge in [-0.25, -0.2) is 4.79 Å². The third-order valence-electron chi connectivity index (χ3n) is 3.50. The molecule has 6 heteroatoms. The zero-order valence-electron chi connectivity index (χ0n) is 12.1. The van der Waals surface area contributed by atoms with Gasteiger partial charge >= 0.3 is 5.97 Å². The van der Waals surface area contributed by atoms with Gasteiger partial charge in [-0.2, -0.15) is 0 Å². The lowest BCUT2D eigenvalue weighted by atomic mass is 9.94. The fourth-order valence-corrected chi connectivity index (χ4v) is 2.53. The first-order valence-electron chi connectivity index (χ1n) is 6.50. The Bertz CT molecular complexity index is 595. The Morgan fingerprint density at radius 2 is 1.95 bits per heavy atom. The Labute approximate surface area is 122 Å². The molecule has 2 rings (SSSR count). The van der Waals surface area contributed by atoms with Crippen LogP contribution in [0.1, 0.15) is 12.5 Å². The molecule has 0 aromatic heterocycles. The lowest BCUT2D eigenvalue weighted by molar-refractivity contribution is -0.154. The number of aliphatic hydroxyl groups is 1. The van der Waals surface area contributed by atoms with Crippen molar-refractivity contribution in [2.24, 2.45) is 0 Å². The first-order chi connectivity index (χ1) is 10.0. The van der Waals surface area contributed by atoms with E-state index in [2.05, 4.69) is 0 Å². The minimum atomic E-state index is -1.49. The van der Waals surface area contributed by atoms with E-state index < -0.39 is 23.4 Å². The molecule has 112 valence electrons. The van der Waals surface area contributed by atoms with E-state index in [9.17, 15) is 14.7 Å². The Morgan fingerprint density at radius 1 is 1.33 bits per heavy atom. The normalized spacial score (nSPS) is 21.9. The summed E-state index contributed by atoms with van der Waals surface area (Å²) in [7, 11) is 2.83. The second-order valence-electron chi connectivity index (χ2n) is 4.52. The van der Waals surface area contributed by atoms with E-state index >= 15 is 0 Å². The van der Waals surface area contributed by atoms with Crippen molar-refractivity contribution in [3.05, 3.63) is 47.2 Å². The first-order valence-corrected chi connectivity index (χ1v) is 6.50. The Morgan fingerprint density at radius 3 is 2.48 bits per heavy atom. The molecule has 1 unspecified atom stereocenters. The molecule has 1 aromatic rings. The predicted octanol–water partition coefficient (Wildman–Crippen LogP) is 1.33. The number of benzene rings is 1. The quantitative estimate of drug-likeness (QED) is 0.847. The molecule has 1 aliphatic heterocycles. The van der Waals surface area contributed by atoms with Crippen LogP contribution in [-0.4, -0.2) is 42.6 Å². The largest absolute Gasteiger partial charge is 0.503 e. The second-order valence-corrected chi connectivity index (χ2v) is 4.52.